The second-order valence-electron chi connectivity index (χ2n) is 8.34. The van der Waals surface area contributed by atoms with Crippen LogP contribution in [0.4, 0.5) is 0 Å². The van der Waals surface area contributed by atoms with Crippen LogP contribution in [0, 0.1) is 11.8 Å². The van der Waals surface area contributed by atoms with Crippen LogP contribution in [0.15, 0.2) is 0 Å². The minimum absolute atomic E-state index is 0.384. The van der Waals surface area contributed by atoms with Gasteiger partial charge in [-0.05, 0) is 50.4 Å². The molecule has 0 rings (SSSR count). The summed E-state index contributed by atoms with van der Waals surface area (Å²) in [5.41, 5.74) is 3.68. The summed E-state index contributed by atoms with van der Waals surface area (Å²) in [7, 11) is 0. The summed E-state index contributed by atoms with van der Waals surface area (Å²) in [5.74, 6) is 1.52. The van der Waals surface area contributed by atoms with Crippen LogP contribution in [0.25, 0.3) is 0 Å². The van der Waals surface area contributed by atoms with E-state index < -0.39 is 0 Å². The minimum Gasteiger partial charge on any atom is -0.298 e. The van der Waals surface area contributed by atoms with Gasteiger partial charge in [0.05, 0.1) is 6.10 Å². The van der Waals surface area contributed by atoms with Gasteiger partial charge < -0.3 is 0 Å². The van der Waals surface area contributed by atoms with Crippen LogP contribution in [0.3, 0.4) is 0 Å². The van der Waals surface area contributed by atoms with E-state index in [0.717, 1.165) is 11.8 Å². The molecule has 0 aromatic carbocycles. The molecule has 0 heterocycles. The van der Waals surface area contributed by atoms with Gasteiger partial charge in [0.15, 0.2) is 0 Å². The molecule has 0 saturated carbocycles. The van der Waals surface area contributed by atoms with E-state index >= 15 is 0 Å². The van der Waals surface area contributed by atoms with Crippen molar-refractivity contribution in [1.82, 2.24) is 5.48 Å². The average molecular weight is 370 g/mol. The van der Waals surface area contributed by atoms with E-state index in [2.05, 4.69) is 47.0 Å². The number of unbranched alkanes of at least 4 members (excludes halogenated alkanes) is 2. The number of hydrogen-bond donors (Lipinski definition) is 1. The summed E-state index contributed by atoms with van der Waals surface area (Å²) < 4.78 is 0. The van der Waals surface area contributed by atoms with Crippen molar-refractivity contribution in [3.05, 3.63) is 0 Å². The Labute approximate surface area is 166 Å². The molecular weight excluding hydrogens is 318 g/mol. The van der Waals surface area contributed by atoms with Crippen molar-refractivity contribution in [2.45, 2.75) is 144 Å². The molecule has 1 N–H and O–H groups in total. The SMILES string of the molecule is CCCCC(CCC)C(NOC(CCC)CCC)C(CCC)CCCC. The predicted octanol–water partition coefficient (Wildman–Crippen LogP) is 8.06. The number of nitrogens with one attached hydrogen (secondary N) is 1. The molecule has 0 aliphatic rings. The van der Waals surface area contributed by atoms with Crippen LogP contribution in [-0.4, -0.2) is 12.1 Å². The fourth-order valence-electron chi connectivity index (χ4n) is 4.34. The lowest BCUT2D eigenvalue weighted by atomic mass is 9.79. The Morgan fingerprint density at radius 2 is 0.962 bits per heavy atom. The average Bonchev–Trinajstić information content (AvgIpc) is 2.64. The molecule has 0 aromatic rings. The van der Waals surface area contributed by atoms with Crippen LogP contribution in [-0.2, 0) is 4.84 Å². The summed E-state index contributed by atoms with van der Waals surface area (Å²) in [4.78, 5) is 6.35. The Morgan fingerprint density at radius 3 is 1.31 bits per heavy atom. The van der Waals surface area contributed by atoms with Gasteiger partial charge in [0.1, 0.15) is 0 Å². The van der Waals surface area contributed by atoms with Crippen LogP contribution >= 0.6 is 0 Å². The normalized spacial score (nSPS) is 15.3. The lowest BCUT2D eigenvalue weighted by Gasteiger charge is -2.36. The molecule has 2 atom stereocenters. The molecular formula is C24H51NO. The third-order valence-corrected chi connectivity index (χ3v) is 5.78. The molecule has 0 amide bonds. The van der Waals surface area contributed by atoms with Crippen LogP contribution in [0.5, 0.6) is 0 Å². The zero-order valence-electron chi connectivity index (χ0n) is 19.1. The Hall–Kier alpha value is -0.0800. The summed E-state index contributed by atoms with van der Waals surface area (Å²) in [6, 6.07) is 0.532. The van der Waals surface area contributed by atoms with Crippen molar-refractivity contribution in [3.63, 3.8) is 0 Å². The second-order valence-corrected chi connectivity index (χ2v) is 8.34. The zero-order valence-corrected chi connectivity index (χ0v) is 19.1. The fraction of sp³-hybridized carbons (Fsp3) is 1.00. The van der Waals surface area contributed by atoms with E-state index in [1.54, 1.807) is 0 Å². The topological polar surface area (TPSA) is 21.3 Å². The molecule has 2 unspecified atom stereocenters. The van der Waals surface area contributed by atoms with Gasteiger partial charge in [0.2, 0.25) is 0 Å². The fourth-order valence-corrected chi connectivity index (χ4v) is 4.34. The van der Waals surface area contributed by atoms with E-state index in [-0.39, 0.29) is 0 Å². The summed E-state index contributed by atoms with van der Waals surface area (Å²) in [5, 5.41) is 0. The highest BCUT2D eigenvalue weighted by molar-refractivity contribution is 4.81. The van der Waals surface area contributed by atoms with E-state index in [1.807, 2.05) is 0 Å². The van der Waals surface area contributed by atoms with Crippen LogP contribution in [0.1, 0.15) is 131 Å². The highest BCUT2D eigenvalue weighted by atomic mass is 16.7. The van der Waals surface area contributed by atoms with Crippen LogP contribution < -0.4 is 5.48 Å². The molecule has 2 heteroatoms. The Kier molecular flexibility index (Phi) is 18.2. The molecule has 0 aromatic heterocycles. The third-order valence-electron chi connectivity index (χ3n) is 5.78. The number of hydroxylamine groups is 1. The zero-order chi connectivity index (χ0) is 19.6. The molecule has 0 aliphatic heterocycles. The van der Waals surface area contributed by atoms with Crippen molar-refractivity contribution in [2.24, 2.45) is 11.8 Å². The van der Waals surface area contributed by atoms with Gasteiger partial charge >= 0.3 is 0 Å². The number of hydrogen-bond acceptors (Lipinski definition) is 2. The van der Waals surface area contributed by atoms with Crippen molar-refractivity contribution in [1.29, 1.82) is 0 Å². The van der Waals surface area contributed by atoms with Crippen molar-refractivity contribution in [2.75, 3.05) is 0 Å². The van der Waals surface area contributed by atoms with Crippen molar-refractivity contribution in [3.8, 4) is 0 Å². The molecule has 0 radical (unpaired) electrons. The summed E-state index contributed by atoms with van der Waals surface area (Å²) >= 11 is 0. The van der Waals surface area contributed by atoms with Gasteiger partial charge in [-0.15, -0.1) is 0 Å². The molecule has 0 fully saturated rings. The minimum atomic E-state index is 0.384. The maximum Gasteiger partial charge on any atom is 0.0790 e. The van der Waals surface area contributed by atoms with Gasteiger partial charge in [0, 0.05) is 6.04 Å². The maximum absolute atomic E-state index is 6.35. The van der Waals surface area contributed by atoms with Crippen molar-refractivity contribution < 1.29 is 4.84 Å². The number of rotatable bonds is 19. The quantitative estimate of drug-likeness (QED) is 0.232. The van der Waals surface area contributed by atoms with Crippen LogP contribution in [0.2, 0.25) is 0 Å². The van der Waals surface area contributed by atoms with Gasteiger partial charge in [0.25, 0.3) is 0 Å². The third kappa shape index (κ3) is 11.6. The smallest absolute Gasteiger partial charge is 0.0790 e. The monoisotopic (exact) mass is 369 g/mol. The second kappa shape index (κ2) is 18.3. The molecule has 158 valence electrons. The first-order valence-electron chi connectivity index (χ1n) is 12.1. The molecule has 0 aliphatic carbocycles. The lowest BCUT2D eigenvalue weighted by Crippen LogP contribution is -2.44. The molecule has 26 heavy (non-hydrogen) atoms. The summed E-state index contributed by atoms with van der Waals surface area (Å²) in [6.07, 6.45) is 18.4. The van der Waals surface area contributed by atoms with Gasteiger partial charge in [-0.25, -0.2) is 0 Å². The molecule has 0 bridgehead atoms. The van der Waals surface area contributed by atoms with E-state index in [0.29, 0.717) is 12.1 Å². The first-order chi connectivity index (χ1) is 12.7. The largest absolute Gasteiger partial charge is 0.298 e. The highest BCUT2D eigenvalue weighted by Gasteiger charge is 2.29. The van der Waals surface area contributed by atoms with E-state index in [9.17, 15) is 0 Å². The van der Waals surface area contributed by atoms with Gasteiger partial charge in [-0.1, -0.05) is 92.9 Å². The molecule has 2 nitrogen and oxygen atoms in total. The maximum atomic E-state index is 6.35. The molecule has 0 saturated heterocycles. The van der Waals surface area contributed by atoms with Gasteiger partial charge in [-0.3, -0.25) is 4.84 Å². The molecule has 0 spiro atoms. The Balaban J connectivity index is 5.16. The first-order valence-corrected chi connectivity index (χ1v) is 12.1. The Bertz CT molecular complexity index is 257. The lowest BCUT2D eigenvalue weighted by molar-refractivity contribution is -0.0761. The standard InChI is InChI=1S/C24H51NO/c1-7-13-19-21(15-9-3)24(22(16-10-4)20-14-8-2)25-26-23(17-11-5)18-12-6/h21-25H,7-20H2,1-6H3. The highest BCUT2D eigenvalue weighted by Crippen LogP contribution is 2.30. The first kappa shape index (κ1) is 25.9. The van der Waals surface area contributed by atoms with E-state index in [4.69, 9.17) is 4.84 Å². The van der Waals surface area contributed by atoms with Gasteiger partial charge in [-0.2, -0.15) is 5.48 Å². The van der Waals surface area contributed by atoms with E-state index in [1.165, 1.54) is 89.9 Å². The van der Waals surface area contributed by atoms with Crippen molar-refractivity contribution >= 4 is 0 Å². The Morgan fingerprint density at radius 1 is 0.538 bits per heavy atom. The summed E-state index contributed by atoms with van der Waals surface area (Å²) in [6.45, 7) is 13.9. The predicted molar refractivity (Wildman–Crippen MR) is 117 cm³/mol.